The number of nitrogens with zero attached hydrogens (tertiary/aromatic N) is 1. The second-order valence-corrected chi connectivity index (χ2v) is 4.90. The molecule has 0 N–H and O–H groups in total. The number of benzene rings is 1. The van der Waals surface area contributed by atoms with Gasteiger partial charge in [-0.3, -0.25) is 0 Å². The van der Waals surface area contributed by atoms with Crippen LogP contribution in [0.5, 0.6) is 0 Å². The molecule has 0 bridgehead atoms. The Morgan fingerprint density at radius 3 is 2.71 bits per heavy atom. The zero-order valence-electron chi connectivity index (χ0n) is 8.79. The number of aromatic nitrogens is 1. The molecule has 2 rings (SSSR count). The maximum Gasteiger partial charge on any atom is 0.240 e. The molecule has 1 heterocycles. The number of aryl methyl sites for hydroxylation is 2. The molecule has 1 aromatic carbocycles. The van der Waals surface area contributed by atoms with Crippen LogP contribution in [0.15, 0.2) is 24.8 Å². The second kappa shape index (κ2) is 3.21. The SMILES string of the molecule is C=C(C)[n+]1c(C)sc2cc(C)ccc21. The van der Waals surface area contributed by atoms with Gasteiger partial charge in [0, 0.05) is 19.9 Å². The third-order valence-electron chi connectivity index (χ3n) is 2.31. The Hall–Kier alpha value is -1.15. The lowest BCUT2D eigenvalue weighted by Gasteiger charge is -1.93. The second-order valence-electron chi connectivity index (χ2n) is 3.66. The molecule has 0 atom stereocenters. The van der Waals surface area contributed by atoms with Gasteiger partial charge in [0.25, 0.3) is 0 Å². The Kier molecular flexibility index (Phi) is 2.16. The molecule has 0 spiro atoms. The topological polar surface area (TPSA) is 3.88 Å². The molecule has 1 aromatic heterocycles. The van der Waals surface area contributed by atoms with Crippen molar-refractivity contribution in [3.63, 3.8) is 0 Å². The van der Waals surface area contributed by atoms with Crippen LogP contribution in [0.4, 0.5) is 0 Å². The van der Waals surface area contributed by atoms with E-state index in [4.69, 9.17) is 0 Å². The predicted molar refractivity (Wildman–Crippen MR) is 62.5 cm³/mol. The van der Waals surface area contributed by atoms with E-state index in [0.717, 1.165) is 5.70 Å². The van der Waals surface area contributed by atoms with Crippen LogP contribution in [0.25, 0.3) is 15.9 Å². The summed E-state index contributed by atoms with van der Waals surface area (Å²) in [6, 6.07) is 6.54. The van der Waals surface area contributed by atoms with Crippen LogP contribution in [-0.4, -0.2) is 0 Å². The molecule has 0 saturated heterocycles. The van der Waals surface area contributed by atoms with Gasteiger partial charge in [-0.2, -0.15) is 4.57 Å². The van der Waals surface area contributed by atoms with Crippen molar-refractivity contribution < 1.29 is 4.57 Å². The van der Waals surface area contributed by atoms with Crippen LogP contribution in [0.3, 0.4) is 0 Å². The molecule has 0 aliphatic rings. The first-order chi connectivity index (χ1) is 6.59. The van der Waals surface area contributed by atoms with Crippen molar-refractivity contribution in [3.8, 4) is 0 Å². The Morgan fingerprint density at radius 1 is 1.36 bits per heavy atom. The lowest BCUT2D eigenvalue weighted by molar-refractivity contribution is -0.554. The molecule has 0 radical (unpaired) electrons. The summed E-state index contributed by atoms with van der Waals surface area (Å²) in [5.74, 6) is 0. The lowest BCUT2D eigenvalue weighted by Crippen LogP contribution is -2.31. The quantitative estimate of drug-likeness (QED) is 0.628. The molecule has 0 aliphatic carbocycles. The smallest absolute Gasteiger partial charge is 0.152 e. The highest BCUT2D eigenvalue weighted by Crippen LogP contribution is 2.22. The van der Waals surface area contributed by atoms with E-state index in [9.17, 15) is 0 Å². The van der Waals surface area contributed by atoms with Crippen molar-refractivity contribution in [1.82, 2.24) is 0 Å². The van der Waals surface area contributed by atoms with Gasteiger partial charge in [-0.1, -0.05) is 17.4 Å². The van der Waals surface area contributed by atoms with Gasteiger partial charge in [0.2, 0.25) is 10.5 Å². The molecule has 2 aromatic rings. The summed E-state index contributed by atoms with van der Waals surface area (Å²) >= 11 is 1.82. The summed E-state index contributed by atoms with van der Waals surface area (Å²) in [7, 11) is 0. The van der Waals surface area contributed by atoms with Crippen LogP contribution in [-0.2, 0) is 0 Å². The third-order valence-corrected chi connectivity index (χ3v) is 3.34. The third kappa shape index (κ3) is 1.36. The minimum Gasteiger partial charge on any atom is -0.152 e. The van der Waals surface area contributed by atoms with Crippen molar-refractivity contribution in [1.29, 1.82) is 0 Å². The van der Waals surface area contributed by atoms with Gasteiger partial charge in [-0.15, -0.1) is 0 Å². The monoisotopic (exact) mass is 204 g/mol. The summed E-state index contributed by atoms with van der Waals surface area (Å²) < 4.78 is 3.55. The van der Waals surface area contributed by atoms with Crippen LogP contribution in [0, 0.1) is 13.8 Å². The fourth-order valence-electron chi connectivity index (χ4n) is 1.74. The number of thiazole rings is 1. The number of allylic oxidation sites excluding steroid dienone is 1. The van der Waals surface area contributed by atoms with Crippen molar-refractivity contribution in [2.75, 3.05) is 0 Å². The molecule has 14 heavy (non-hydrogen) atoms. The van der Waals surface area contributed by atoms with E-state index >= 15 is 0 Å². The highest BCUT2D eigenvalue weighted by atomic mass is 32.1. The Morgan fingerprint density at radius 2 is 2.07 bits per heavy atom. The normalized spacial score (nSPS) is 10.8. The molecular formula is C12H14NS+. The number of rotatable bonds is 1. The summed E-state index contributed by atoms with van der Waals surface area (Å²) in [5.41, 5.74) is 3.66. The lowest BCUT2D eigenvalue weighted by atomic mass is 10.2. The first-order valence-electron chi connectivity index (χ1n) is 4.67. The van der Waals surface area contributed by atoms with Gasteiger partial charge in [-0.25, -0.2) is 0 Å². The predicted octanol–water partition coefficient (Wildman–Crippen LogP) is 3.30. The summed E-state index contributed by atoms with van der Waals surface area (Å²) in [4.78, 5) is 0. The van der Waals surface area contributed by atoms with E-state index in [0.29, 0.717) is 0 Å². The summed E-state index contributed by atoms with van der Waals surface area (Å²) in [6.07, 6.45) is 0. The maximum absolute atomic E-state index is 4.00. The van der Waals surface area contributed by atoms with Gasteiger partial charge < -0.3 is 0 Å². The highest BCUT2D eigenvalue weighted by molar-refractivity contribution is 7.18. The summed E-state index contributed by atoms with van der Waals surface area (Å²) in [5, 5.41) is 1.29. The Bertz CT molecular complexity index is 508. The zero-order chi connectivity index (χ0) is 10.3. The average molecular weight is 204 g/mol. The first kappa shape index (κ1) is 9.41. The molecule has 2 heteroatoms. The number of hydrogen-bond donors (Lipinski definition) is 0. The fourth-order valence-corrected chi connectivity index (χ4v) is 2.91. The minimum absolute atomic E-state index is 1.08. The van der Waals surface area contributed by atoms with Crippen molar-refractivity contribution in [2.45, 2.75) is 20.8 Å². The van der Waals surface area contributed by atoms with Crippen LogP contribution in [0.2, 0.25) is 0 Å². The molecule has 72 valence electrons. The van der Waals surface area contributed by atoms with Gasteiger partial charge in [0.05, 0.1) is 0 Å². The molecule has 0 unspecified atom stereocenters. The number of hydrogen-bond acceptors (Lipinski definition) is 1. The van der Waals surface area contributed by atoms with Crippen LogP contribution < -0.4 is 4.57 Å². The van der Waals surface area contributed by atoms with Gasteiger partial charge in [-0.05, 0) is 25.1 Å². The van der Waals surface area contributed by atoms with E-state index in [1.807, 2.05) is 18.3 Å². The van der Waals surface area contributed by atoms with Gasteiger partial charge >= 0.3 is 0 Å². The number of fused-ring (bicyclic) bond motifs is 1. The van der Waals surface area contributed by atoms with Gasteiger partial charge in [0.1, 0.15) is 4.70 Å². The van der Waals surface area contributed by atoms with E-state index in [2.05, 4.69) is 43.2 Å². The van der Waals surface area contributed by atoms with Crippen LogP contribution in [0.1, 0.15) is 17.5 Å². The van der Waals surface area contributed by atoms with Crippen molar-refractivity contribution >= 4 is 27.3 Å². The van der Waals surface area contributed by atoms with Gasteiger partial charge in [0.15, 0.2) is 5.70 Å². The molecule has 0 saturated carbocycles. The Labute approximate surface area is 88.3 Å². The largest absolute Gasteiger partial charge is 0.240 e. The molecule has 0 fully saturated rings. The van der Waals surface area contributed by atoms with E-state index in [-0.39, 0.29) is 0 Å². The zero-order valence-corrected chi connectivity index (χ0v) is 9.61. The summed E-state index contributed by atoms with van der Waals surface area (Å²) in [6.45, 7) is 10.3. The van der Waals surface area contributed by atoms with Crippen LogP contribution >= 0.6 is 11.3 Å². The van der Waals surface area contributed by atoms with E-state index < -0.39 is 0 Å². The maximum atomic E-state index is 4.00. The Balaban J connectivity index is 2.84. The first-order valence-corrected chi connectivity index (χ1v) is 5.49. The van der Waals surface area contributed by atoms with E-state index in [1.165, 1.54) is 20.8 Å². The molecular weight excluding hydrogens is 190 g/mol. The standard InChI is InChI=1S/C12H14NS/c1-8(2)13-10(4)14-12-7-9(3)5-6-11(12)13/h5-7H,1H2,2-4H3/q+1. The minimum atomic E-state index is 1.08. The molecule has 0 aliphatic heterocycles. The van der Waals surface area contributed by atoms with E-state index in [1.54, 1.807) is 0 Å². The average Bonchev–Trinajstić information content (AvgIpc) is 2.39. The van der Waals surface area contributed by atoms with Crippen molar-refractivity contribution in [2.24, 2.45) is 0 Å². The molecule has 1 nitrogen and oxygen atoms in total. The van der Waals surface area contributed by atoms with Crippen molar-refractivity contribution in [3.05, 3.63) is 35.3 Å². The molecule has 0 amide bonds. The highest BCUT2D eigenvalue weighted by Gasteiger charge is 2.17. The fraction of sp³-hybridized carbons (Fsp3) is 0.250.